The van der Waals surface area contributed by atoms with E-state index >= 15 is 0 Å². The van der Waals surface area contributed by atoms with Crippen LogP contribution < -0.4 is 14.2 Å². The van der Waals surface area contributed by atoms with Crippen molar-refractivity contribution in [1.82, 2.24) is 9.47 Å². The highest BCUT2D eigenvalue weighted by molar-refractivity contribution is 5.92. The molecule has 5 aromatic carbocycles. The summed E-state index contributed by atoms with van der Waals surface area (Å²) in [4.78, 5) is 2.68. The second-order valence-electron chi connectivity index (χ2n) is 16.5. The molecule has 5 nitrogen and oxygen atoms in total. The van der Waals surface area contributed by atoms with E-state index in [1.54, 1.807) is 0 Å². The molecule has 2 unspecified atom stereocenters. The first-order chi connectivity index (χ1) is 25.7. The van der Waals surface area contributed by atoms with Crippen LogP contribution in [0.2, 0.25) is 0 Å². The van der Waals surface area contributed by atoms with E-state index in [2.05, 4.69) is 140 Å². The third kappa shape index (κ3) is 8.01. The van der Waals surface area contributed by atoms with Gasteiger partial charge in [-0.25, -0.2) is 0 Å². The van der Waals surface area contributed by atoms with Crippen LogP contribution in [0.1, 0.15) is 62.3 Å². The lowest BCUT2D eigenvalue weighted by atomic mass is 9.65. The Labute approximate surface area is 315 Å². The number of rotatable bonds is 13. The average Bonchev–Trinajstić information content (AvgIpc) is 3.57. The van der Waals surface area contributed by atoms with Crippen LogP contribution in [0.15, 0.2) is 127 Å². The summed E-state index contributed by atoms with van der Waals surface area (Å²) in [5, 5.41) is 1.19. The third-order valence-corrected chi connectivity index (χ3v) is 11.3. The molecule has 1 aromatic heterocycles. The molecule has 1 aliphatic carbocycles. The predicted molar refractivity (Wildman–Crippen MR) is 216 cm³/mol. The molecule has 2 atom stereocenters. The number of fused-ring (bicyclic) bond motifs is 3. The Balaban J connectivity index is 1.00. The summed E-state index contributed by atoms with van der Waals surface area (Å²) < 4.78 is 21.2. The van der Waals surface area contributed by atoms with Gasteiger partial charge in [-0.05, 0) is 119 Å². The maximum atomic E-state index is 6.33. The molecule has 2 aliphatic rings. The first kappa shape index (κ1) is 35.1. The molecule has 2 fully saturated rings. The maximum absolute atomic E-state index is 6.33. The lowest BCUT2D eigenvalue weighted by molar-refractivity contribution is 0.124. The largest absolute Gasteiger partial charge is 0.492 e. The number of benzene rings is 5. The molecule has 53 heavy (non-hydrogen) atoms. The predicted octanol–water partition coefficient (Wildman–Crippen LogP) is 11.1. The van der Waals surface area contributed by atoms with Gasteiger partial charge in [0.25, 0.3) is 0 Å². The van der Waals surface area contributed by atoms with Gasteiger partial charge < -0.3 is 18.8 Å². The van der Waals surface area contributed by atoms with Crippen molar-refractivity contribution < 1.29 is 14.2 Å². The molecule has 272 valence electrons. The fourth-order valence-corrected chi connectivity index (χ4v) is 9.31. The molecule has 8 rings (SSSR count). The lowest BCUT2D eigenvalue weighted by Crippen LogP contribution is -2.36. The molecule has 0 amide bonds. The number of aryl methyl sites for hydroxylation is 1. The summed E-state index contributed by atoms with van der Waals surface area (Å²) in [7, 11) is 0. The van der Waals surface area contributed by atoms with E-state index in [1.807, 2.05) is 24.3 Å². The minimum atomic E-state index is 0.436. The van der Waals surface area contributed by atoms with Crippen molar-refractivity contribution in [2.45, 2.75) is 72.8 Å². The summed E-state index contributed by atoms with van der Waals surface area (Å²) in [5.41, 5.74) is 9.18. The molecule has 5 heteroatoms. The second kappa shape index (κ2) is 14.8. The highest BCUT2D eigenvalue weighted by atomic mass is 16.5. The van der Waals surface area contributed by atoms with Crippen LogP contribution in [-0.4, -0.2) is 35.2 Å². The van der Waals surface area contributed by atoms with Crippen LogP contribution in [0.4, 0.5) is 0 Å². The number of hydrogen-bond donors (Lipinski definition) is 0. The second-order valence-corrected chi connectivity index (χ2v) is 16.5. The standard InChI is InChI=1S/C48H52N2O3/c1-35-44-27-43(53-32-38-13-9-6-10-14-38)23-24-45(44)50(46(35)39-17-21-42(22-18-39)52-31-37-11-7-5-8-12-37)30-36-15-19-41(20-16-36)51-26-25-49-34-48(4)29-40(49)28-47(2,3)33-48/h5-24,27,40H,25-26,28-34H2,1-4H3. The summed E-state index contributed by atoms with van der Waals surface area (Å²) in [6.07, 6.45) is 3.95. The molecule has 2 bridgehead atoms. The first-order valence-corrected chi connectivity index (χ1v) is 19.2. The third-order valence-electron chi connectivity index (χ3n) is 11.3. The van der Waals surface area contributed by atoms with Crippen molar-refractivity contribution in [3.8, 4) is 28.5 Å². The van der Waals surface area contributed by atoms with Gasteiger partial charge in [-0.2, -0.15) is 0 Å². The number of likely N-dealkylation sites (tertiary alicyclic amines) is 1. The zero-order valence-electron chi connectivity index (χ0n) is 31.7. The highest BCUT2D eigenvalue weighted by Gasteiger charge is 2.49. The molecule has 2 heterocycles. The van der Waals surface area contributed by atoms with Crippen LogP contribution >= 0.6 is 0 Å². The van der Waals surface area contributed by atoms with E-state index in [-0.39, 0.29) is 0 Å². The van der Waals surface area contributed by atoms with Gasteiger partial charge in [0.1, 0.15) is 37.1 Å². The SMILES string of the molecule is Cc1c(-c2ccc(OCc3ccccc3)cc2)n(Cc2ccc(OCCN3CC4(C)CC3CC(C)(C)C4)cc2)c2ccc(OCc3ccccc3)cc12. The van der Waals surface area contributed by atoms with Gasteiger partial charge in [-0.1, -0.05) is 93.6 Å². The zero-order chi connectivity index (χ0) is 36.4. The lowest BCUT2D eigenvalue weighted by Gasteiger charge is -2.39. The molecule has 6 aromatic rings. The Morgan fingerprint density at radius 1 is 0.642 bits per heavy atom. The molecular weight excluding hydrogens is 653 g/mol. The van der Waals surface area contributed by atoms with Gasteiger partial charge in [0.2, 0.25) is 0 Å². The normalized spacial score (nSPS) is 19.4. The number of hydrogen-bond acceptors (Lipinski definition) is 4. The zero-order valence-corrected chi connectivity index (χ0v) is 31.7. The minimum absolute atomic E-state index is 0.436. The van der Waals surface area contributed by atoms with E-state index in [0.29, 0.717) is 30.1 Å². The van der Waals surface area contributed by atoms with Crippen molar-refractivity contribution in [2.75, 3.05) is 19.7 Å². The van der Waals surface area contributed by atoms with Gasteiger partial charge >= 0.3 is 0 Å². The minimum Gasteiger partial charge on any atom is -0.492 e. The molecular formula is C48H52N2O3. The molecule has 1 saturated carbocycles. The summed E-state index contributed by atoms with van der Waals surface area (Å²) in [6, 6.07) is 45.0. The van der Waals surface area contributed by atoms with Crippen molar-refractivity contribution in [3.05, 3.63) is 150 Å². The fourth-order valence-electron chi connectivity index (χ4n) is 9.31. The monoisotopic (exact) mass is 704 g/mol. The van der Waals surface area contributed by atoms with Gasteiger partial charge in [-0.3, -0.25) is 4.90 Å². The Morgan fingerprint density at radius 3 is 1.92 bits per heavy atom. The van der Waals surface area contributed by atoms with E-state index in [0.717, 1.165) is 53.6 Å². The molecule has 0 spiro atoms. The molecule has 0 N–H and O–H groups in total. The van der Waals surface area contributed by atoms with E-state index in [9.17, 15) is 0 Å². The van der Waals surface area contributed by atoms with Gasteiger partial charge in [-0.15, -0.1) is 0 Å². The number of nitrogens with zero attached hydrogens (tertiary/aromatic N) is 2. The topological polar surface area (TPSA) is 35.9 Å². The van der Waals surface area contributed by atoms with Crippen LogP contribution in [-0.2, 0) is 19.8 Å². The fraction of sp³-hybridized carbons (Fsp3) is 0.333. The van der Waals surface area contributed by atoms with E-state index in [1.165, 1.54) is 53.5 Å². The van der Waals surface area contributed by atoms with Crippen LogP contribution in [0, 0.1) is 17.8 Å². The average molecular weight is 705 g/mol. The maximum Gasteiger partial charge on any atom is 0.120 e. The molecule has 0 radical (unpaired) electrons. The Hall–Kier alpha value is -5.00. The van der Waals surface area contributed by atoms with Gasteiger partial charge in [0.15, 0.2) is 0 Å². The number of aromatic nitrogens is 1. The Bertz CT molecular complexity index is 2140. The van der Waals surface area contributed by atoms with Crippen LogP contribution in [0.3, 0.4) is 0 Å². The summed E-state index contributed by atoms with van der Waals surface area (Å²) in [5.74, 6) is 2.66. The molecule has 1 saturated heterocycles. The first-order valence-electron chi connectivity index (χ1n) is 19.2. The van der Waals surface area contributed by atoms with Crippen molar-refractivity contribution >= 4 is 10.9 Å². The highest BCUT2D eigenvalue weighted by Crippen LogP contribution is 2.52. The summed E-state index contributed by atoms with van der Waals surface area (Å²) in [6.45, 7) is 14.3. The van der Waals surface area contributed by atoms with Gasteiger partial charge in [0, 0.05) is 36.6 Å². The molecule has 1 aliphatic heterocycles. The van der Waals surface area contributed by atoms with Gasteiger partial charge in [0.05, 0.1) is 5.69 Å². The van der Waals surface area contributed by atoms with Crippen LogP contribution in [0.25, 0.3) is 22.2 Å². The van der Waals surface area contributed by atoms with E-state index < -0.39 is 0 Å². The van der Waals surface area contributed by atoms with Crippen molar-refractivity contribution in [3.63, 3.8) is 0 Å². The van der Waals surface area contributed by atoms with Crippen molar-refractivity contribution in [1.29, 1.82) is 0 Å². The smallest absolute Gasteiger partial charge is 0.120 e. The van der Waals surface area contributed by atoms with Crippen LogP contribution in [0.5, 0.6) is 17.2 Å². The Morgan fingerprint density at radius 2 is 1.25 bits per heavy atom. The summed E-state index contributed by atoms with van der Waals surface area (Å²) >= 11 is 0. The quantitative estimate of drug-likeness (QED) is 0.120. The Kier molecular flexibility index (Phi) is 9.78. The van der Waals surface area contributed by atoms with E-state index in [4.69, 9.17) is 14.2 Å². The van der Waals surface area contributed by atoms with Crippen molar-refractivity contribution in [2.24, 2.45) is 10.8 Å². The number of ether oxygens (including phenoxy) is 3.